The van der Waals surface area contributed by atoms with Crippen LogP contribution in [0.25, 0.3) is 0 Å². The van der Waals surface area contributed by atoms with Gasteiger partial charge in [-0.2, -0.15) is 0 Å². The Labute approximate surface area is 132 Å². The molecule has 0 unspecified atom stereocenters. The molecule has 2 rings (SSSR count). The van der Waals surface area contributed by atoms with Crippen molar-refractivity contribution >= 4 is 40.4 Å². The number of nitrogens with zero attached hydrogens (tertiary/aromatic N) is 2. The molecule has 1 amide bonds. The quantitative estimate of drug-likeness (QED) is 0.485. The van der Waals surface area contributed by atoms with E-state index in [1.54, 1.807) is 23.1 Å². The Kier molecular flexibility index (Phi) is 5.58. The van der Waals surface area contributed by atoms with Gasteiger partial charge < -0.3 is 11.1 Å². The van der Waals surface area contributed by atoms with E-state index in [4.69, 9.17) is 5.73 Å². The first-order chi connectivity index (χ1) is 10.1. The normalized spacial score (nSPS) is 10.6. The third-order valence-corrected chi connectivity index (χ3v) is 4.99. The number of nitrogen functional groups attached to an aromatic ring is 1. The van der Waals surface area contributed by atoms with Crippen molar-refractivity contribution in [1.29, 1.82) is 0 Å². The Morgan fingerprint density at radius 2 is 2.19 bits per heavy atom. The number of rotatable bonds is 6. The summed E-state index contributed by atoms with van der Waals surface area (Å²) in [5.74, 6) is 0.871. The third kappa shape index (κ3) is 4.71. The number of amides is 1. The van der Waals surface area contributed by atoms with E-state index in [1.165, 1.54) is 0 Å². The molecule has 3 N–H and O–H groups in total. The summed E-state index contributed by atoms with van der Waals surface area (Å²) in [5.41, 5.74) is 8.20. The maximum atomic E-state index is 11.9. The van der Waals surface area contributed by atoms with Crippen molar-refractivity contribution in [2.24, 2.45) is 0 Å². The number of benzene rings is 1. The van der Waals surface area contributed by atoms with Gasteiger partial charge in [-0.05, 0) is 38.0 Å². The molecule has 1 heterocycles. The van der Waals surface area contributed by atoms with Crippen LogP contribution in [0.15, 0.2) is 22.5 Å². The van der Waals surface area contributed by atoms with Gasteiger partial charge in [0.25, 0.3) is 0 Å². The lowest BCUT2D eigenvalue weighted by molar-refractivity contribution is -0.116. The van der Waals surface area contributed by atoms with E-state index in [0.29, 0.717) is 12.1 Å². The lowest BCUT2D eigenvalue weighted by atomic mass is 10.1. The molecule has 0 fully saturated rings. The molecule has 7 heteroatoms. The largest absolute Gasteiger partial charge is 0.398 e. The molecule has 0 saturated heterocycles. The Hall–Kier alpha value is -1.60. The summed E-state index contributed by atoms with van der Waals surface area (Å²) in [6.07, 6.45) is 1.29. The molecule has 0 atom stereocenters. The van der Waals surface area contributed by atoms with Gasteiger partial charge in [0.2, 0.25) is 5.91 Å². The lowest BCUT2D eigenvalue weighted by Gasteiger charge is -2.09. The second kappa shape index (κ2) is 7.42. The van der Waals surface area contributed by atoms with Gasteiger partial charge in [-0.3, -0.25) is 4.79 Å². The monoisotopic (exact) mass is 322 g/mol. The number of aryl methyl sites for hydroxylation is 1. The van der Waals surface area contributed by atoms with Gasteiger partial charge >= 0.3 is 0 Å². The van der Waals surface area contributed by atoms with Gasteiger partial charge in [-0.25, -0.2) is 0 Å². The van der Waals surface area contributed by atoms with E-state index in [2.05, 4.69) is 15.5 Å². The molecule has 5 nitrogen and oxygen atoms in total. The summed E-state index contributed by atoms with van der Waals surface area (Å²) in [5, 5.41) is 11.9. The minimum absolute atomic E-state index is 0.0118. The number of thioether (sulfide) groups is 1. The van der Waals surface area contributed by atoms with Gasteiger partial charge in [-0.1, -0.05) is 29.2 Å². The van der Waals surface area contributed by atoms with Crippen LogP contribution in [0.5, 0.6) is 0 Å². The first-order valence-corrected chi connectivity index (χ1v) is 8.44. The van der Waals surface area contributed by atoms with Crippen molar-refractivity contribution in [2.45, 2.75) is 31.0 Å². The number of hydrogen-bond acceptors (Lipinski definition) is 6. The maximum Gasteiger partial charge on any atom is 0.224 e. The number of nitrogens with two attached hydrogens (primary N) is 1. The predicted molar refractivity (Wildman–Crippen MR) is 88.8 cm³/mol. The van der Waals surface area contributed by atoms with Crippen LogP contribution >= 0.6 is 23.1 Å². The van der Waals surface area contributed by atoms with Crippen LogP contribution in [0.4, 0.5) is 11.4 Å². The summed E-state index contributed by atoms with van der Waals surface area (Å²) in [6, 6.07) is 5.53. The fourth-order valence-electron chi connectivity index (χ4n) is 1.73. The van der Waals surface area contributed by atoms with Crippen LogP contribution in [0.3, 0.4) is 0 Å². The average Bonchev–Trinajstić information content (AvgIpc) is 2.86. The van der Waals surface area contributed by atoms with Crippen molar-refractivity contribution < 1.29 is 4.79 Å². The Bertz CT molecular complexity index is 627. The van der Waals surface area contributed by atoms with Gasteiger partial charge in [-0.15, -0.1) is 10.2 Å². The number of anilines is 2. The Balaban J connectivity index is 1.73. The van der Waals surface area contributed by atoms with Crippen molar-refractivity contribution in [3.05, 3.63) is 28.8 Å². The molecule has 1 aromatic carbocycles. The van der Waals surface area contributed by atoms with E-state index in [0.717, 1.165) is 32.8 Å². The van der Waals surface area contributed by atoms with Crippen LogP contribution in [0, 0.1) is 13.8 Å². The molecular weight excluding hydrogens is 304 g/mol. The minimum atomic E-state index is 0.0118. The molecule has 21 heavy (non-hydrogen) atoms. The molecule has 0 aliphatic carbocycles. The summed E-state index contributed by atoms with van der Waals surface area (Å²) in [6.45, 7) is 3.83. The number of carbonyl (C=O) groups is 1. The second-order valence-corrected chi connectivity index (χ2v) is 7.13. The van der Waals surface area contributed by atoms with Crippen molar-refractivity contribution in [1.82, 2.24) is 10.2 Å². The molecule has 0 bridgehead atoms. The van der Waals surface area contributed by atoms with Crippen LogP contribution in [-0.4, -0.2) is 21.9 Å². The minimum Gasteiger partial charge on any atom is -0.398 e. The summed E-state index contributed by atoms with van der Waals surface area (Å²) in [7, 11) is 0. The fraction of sp³-hybridized carbons (Fsp3) is 0.357. The van der Waals surface area contributed by atoms with E-state index < -0.39 is 0 Å². The standard InChI is InChI=1S/C14H18N4OS2/c1-9-11(15)5-3-6-12(9)16-13(19)7-4-8-20-14-18-17-10(2)21-14/h3,5-6H,4,7-8,15H2,1-2H3,(H,16,19). The second-order valence-electron chi connectivity index (χ2n) is 4.61. The van der Waals surface area contributed by atoms with Gasteiger partial charge in [0.1, 0.15) is 5.01 Å². The molecule has 112 valence electrons. The summed E-state index contributed by atoms with van der Waals surface area (Å²) >= 11 is 3.22. The zero-order chi connectivity index (χ0) is 15.2. The smallest absolute Gasteiger partial charge is 0.224 e. The van der Waals surface area contributed by atoms with Crippen LogP contribution in [0.1, 0.15) is 23.4 Å². The average molecular weight is 322 g/mol. The van der Waals surface area contributed by atoms with E-state index in [1.807, 2.05) is 32.0 Å². The molecule has 0 aliphatic heterocycles. The van der Waals surface area contributed by atoms with Crippen LogP contribution < -0.4 is 11.1 Å². The predicted octanol–water partition coefficient (Wildman–Crippen LogP) is 3.25. The molecule has 0 spiro atoms. The molecule has 0 aliphatic rings. The van der Waals surface area contributed by atoms with Crippen LogP contribution in [-0.2, 0) is 4.79 Å². The zero-order valence-corrected chi connectivity index (χ0v) is 13.7. The van der Waals surface area contributed by atoms with Crippen molar-refractivity contribution in [2.75, 3.05) is 16.8 Å². The van der Waals surface area contributed by atoms with E-state index in [9.17, 15) is 4.79 Å². The van der Waals surface area contributed by atoms with Gasteiger partial charge in [0.15, 0.2) is 4.34 Å². The van der Waals surface area contributed by atoms with E-state index in [-0.39, 0.29) is 5.91 Å². The van der Waals surface area contributed by atoms with Gasteiger partial charge in [0, 0.05) is 23.5 Å². The molecule has 1 aromatic heterocycles. The first-order valence-electron chi connectivity index (χ1n) is 6.64. The number of hydrogen-bond donors (Lipinski definition) is 2. The van der Waals surface area contributed by atoms with Crippen molar-refractivity contribution in [3.63, 3.8) is 0 Å². The summed E-state index contributed by atoms with van der Waals surface area (Å²) < 4.78 is 0.958. The molecule has 0 saturated carbocycles. The Morgan fingerprint density at radius 1 is 1.38 bits per heavy atom. The highest BCUT2D eigenvalue weighted by Gasteiger charge is 2.07. The maximum absolute atomic E-state index is 11.9. The SMILES string of the molecule is Cc1nnc(SCCCC(=O)Nc2cccc(N)c2C)s1. The topological polar surface area (TPSA) is 80.9 Å². The zero-order valence-electron chi connectivity index (χ0n) is 12.0. The van der Waals surface area contributed by atoms with Crippen LogP contribution in [0.2, 0.25) is 0 Å². The third-order valence-electron chi connectivity index (χ3n) is 2.93. The molecule has 2 aromatic rings. The van der Waals surface area contributed by atoms with Crippen molar-refractivity contribution in [3.8, 4) is 0 Å². The highest BCUT2D eigenvalue weighted by molar-refractivity contribution is 8.01. The molecule has 0 radical (unpaired) electrons. The van der Waals surface area contributed by atoms with Gasteiger partial charge in [0.05, 0.1) is 0 Å². The number of nitrogens with one attached hydrogen (secondary N) is 1. The highest BCUT2D eigenvalue weighted by Crippen LogP contribution is 2.23. The first kappa shape index (κ1) is 15.8. The highest BCUT2D eigenvalue weighted by atomic mass is 32.2. The number of aromatic nitrogens is 2. The summed E-state index contributed by atoms with van der Waals surface area (Å²) in [4.78, 5) is 11.9. The lowest BCUT2D eigenvalue weighted by Crippen LogP contribution is -2.12. The van der Waals surface area contributed by atoms with E-state index >= 15 is 0 Å². The Morgan fingerprint density at radius 3 is 2.90 bits per heavy atom. The number of carbonyl (C=O) groups excluding carboxylic acids is 1. The molecular formula is C14H18N4OS2. The fourth-order valence-corrected chi connectivity index (χ4v) is 3.56.